The summed E-state index contributed by atoms with van der Waals surface area (Å²) in [6.45, 7) is 2.45. The molecule has 0 saturated carbocycles. The zero-order valence-corrected chi connectivity index (χ0v) is 20.2. The molecule has 0 radical (unpaired) electrons. The summed E-state index contributed by atoms with van der Waals surface area (Å²) in [5.41, 5.74) is 5.57. The summed E-state index contributed by atoms with van der Waals surface area (Å²) >= 11 is 1.82. The Morgan fingerprint density at radius 1 is 1.03 bits per heavy atom. The lowest BCUT2D eigenvalue weighted by Gasteiger charge is -2.31. The Kier molecular flexibility index (Phi) is 5.44. The number of carbonyl (C=O) groups excluding carboxylic acids is 1. The van der Waals surface area contributed by atoms with Crippen LogP contribution in [-0.4, -0.2) is 15.5 Å². The third-order valence-electron chi connectivity index (χ3n) is 6.97. The molecule has 0 bridgehead atoms. The SMILES string of the molecule is Cc1cccc([C@@H]2c3cccn3-c3sc4c(c3CN2C(=O)Nc2ccc(F)cc2F)CCCC4)c1. The Morgan fingerprint density at radius 3 is 2.71 bits per heavy atom. The first-order valence-corrected chi connectivity index (χ1v) is 12.7. The molecule has 0 fully saturated rings. The van der Waals surface area contributed by atoms with Crippen molar-refractivity contribution < 1.29 is 13.6 Å². The molecule has 3 heterocycles. The number of fused-ring (bicyclic) bond motifs is 5. The molecule has 7 heteroatoms. The second-order valence-corrected chi connectivity index (χ2v) is 10.4. The summed E-state index contributed by atoms with van der Waals surface area (Å²) in [5, 5.41) is 3.88. The van der Waals surface area contributed by atoms with Crippen molar-refractivity contribution in [2.24, 2.45) is 0 Å². The van der Waals surface area contributed by atoms with Crippen LogP contribution in [0.3, 0.4) is 0 Å². The Labute approximate surface area is 206 Å². The van der Waals surface area contributed by atoms with Gasteiger partial charge in [-0.25, -0.2) is 13.6 Å². The van der Waals surface area contributed by atoms with E-state index in [1.807, 2.05) is 42.5 Å². The third kappa shape index (κ3) is 3.84. The molecular weight excluding hydrogens is 464 g/mol. The number of nitrogens with one attached hydrogen (secondary N) is 1. The van der Waals surface area contributed by atoms with Crippen LogP contribution in [0.25, 0.3) is 5.00 Å². The van der Waals surface area contributed by atoms with E-state index in [1.54, 1.807) is 4.90 Å². The quantitative estimate of drug-likeness (QED) is 0.319. The van der Waals surface area contributed by atoms with Crippen LogP contribution in [0, 0.1) is 18.6 Å². The maximum atomic E-state index is 14.5. The first-order valence-electron chi connectivity index (χ1n) is 11.9. The van der Waals surface area contributed by atoms with E-state index in [2.05, 4.69) is 28.2 Å². The second kappa shape index (κ2) is 8.64. The number of aryl methyl sites for hydroxylation is 2. The fraction of sp³-hybridized carbons (Fsp3) is 0.250. The van der Waals surface area contributed by atoms with Crippen LogP contribution >= 0.6 is 11.3 Å². The van der Waals surface area contributed by atoms with Crippen LogP contribution < -0.4 is 5.32 Å². The molecule has 35 heavy (non-hydrogen) atoms. The van der Waals surface area contributed by atoms with Crippen molar-refractivity contribution in [3.8, 4) is 5.00 Å². The minimum absolute atomic E-state index is 0.0356. The third-order valence-corrected chi connectivity index (χ3v) is 8.30. The minimum atomic E-state index is -0.794. The zero-order valence-electron chi connectivity index (χ0n) is 19.4. The molecule has 0 spiro atoms. The standard InChI is InChI=1S/C28H25F2N3OS/c1-17-6-4-7-18(14-17)26-24-9-5-13-32(24)27-21(20-8-2-3-10-25(20)35-27)16-33(26)28(34)31-23-12-11-19(29)15-22(23)30/h4-7,9,11-15,26H,2-3,8,10,16H2,1H3,(H,31,34)/t26-/m1/s1. The number of anilines is 1. The molecule has 0 saturated heterocycles. The van der Waals surface area contributed by atoms with Gasteiger partial charge in [0, 0.05) is 22.7 Å². The van der Waals surface area contributed by atoms with E-state index in [4.69, 9.17) is 0 Å². The highest BCUT2D eigenvalue weighted by molar-refractivity contribution is 7.15. The van der Waals surface area contributed by atoms with Crippen molar-refractivity contribution in [3.05, 3.63) is 105 Å². The molecule has 1 aliphatic heterocycles. The summed E-state index contributed by atoms with van der Waals surface area (Å²) in [6, 6.07) is 14.6. The number of carbonyl (C=O) groups is 1. The van der Waals surface area contributed by atoms with E-state index in [9.17, 15) is 13.6 Å². The average molecular weight is 490 g/mol. The number of halogens is 2. The van der Waals surface area contributed by atoms with Gasteiger partial charge in [-0.15, -0.1) is 11.3 Å². The second-order valence-electron chi connectivity index (χ2n) is 9.30. The van der Waals surface area contributed by atoms with Gasteiger partial charge in [0.15, 0.2) is 0 Å². The van der Waals surface area contributed by atoms with Crippen LogP contribution in [0.5, 0.6) is 0 Å². The molecule has 4 nitrogen and oxygen atoms in total. The van der Waals surface area contributed by atoms with Crippen molar-refractivity contribution in [2.75, 3.05) is 5.32 Å². The molecule has 6 rings (SSSR count). The molecule has 2 aromatic heterocycles. The van der Waals surface area contributed by atoms with Crippen LogP contribution in [-0.2, 0) is 19.4 Å². The topological polar surface area (TPSA) is 37.3 Å². The fourth-order valence-corrected chi connectivity index (χ4v) is 6.76. The molecule has 1 atom stereocenters. The van der Waals surface area contributed by atoms with Crippen molar-refractivity contribution >= 4 is 23.1 Å². The first-order chi connectivity index (χ1) is 17.0. The van der Waals surface area contributed by atoms with E-state index in [1.165, 1.54) is 28.5 Å². The molecule has 2 aromatic carbocycles. The molecule has 0 unspecified atom stereocenters. The van der Waals surface area contributed by atoms with Gasteiger partial charge in [0.25, 0.3) is 0 Å². The normalized spacial score (nSPS) is 16.8. The Hall–Kier alpha value is -3.45. The molecule has 4 aromatic rings. The van der Waals surface area contributed by atoms with E-state index >= 15 is 0 Å². The van der Waals surface area contributed by atoms with Gasteiger partial charge >= 0.3 is 6.03 Å². The number of nitrogens with zero attached hydrogens (tertiary/aromatic N) is 2. The van der Waals surface area contributed by atoms with Crippen LogP contribution in [0.4, 0.5) is 19.3 Å². The number of thiophene rings is 1. The number of hydrogen-bond acceptors (Lipinski definition) is 2. The smallest absolute Gasteiger partial charge is 0.310 e. The lowest BCUT2D eigenvalue weighted by Crippen LogP contribution is -2.38. The Morgan fingerprint density at radius 2 is 1.89 bits per heavy atom. The Bertz CT molecular complexity index is 1440. The maximum Gasteiger partial charge on any atom is 0.323 e. The van der Waals surface area contributed by atoms with Gasteiger partial charge in [-0.05, 0) is 68.0 Å². The fourth-order valence-electron chi connectivity index (χ4n) is 5.36. The highest BCUT2D eigenvalue weighted by atomic mass is 32.1. The van der Waals surface area contributed by atoms with Crippen LogP contribution in [0.1, 0.15) is 51.7 Å². The van der Waals surface area contributed by atoms with Gasteiger partial charge in [0.1, 0.15) is 16.6 Å². The van der Waals surface area contributed by atoms with Gasteiger partial charge in [0.05, 0.1) is 24.0 Å². The average Bonchev–Trinajstić information content (AvgIpc) is 3.42. The molecular formula is C28H25F2N3OS. The van der Waals surface area contributed by atoms with Crippen LogP contribution in [0.15, 0.2) is 60.8 Å². The number of amides is 2. The summed E-state index contributed by atoms with van der Waals surface area (Å²) in [6.07, 6.45) is 6.47. The monoisotopic (exact) mass is 489 g/mol. The summed E-state index contributed by atoms with van der Waals surface area (Å²) < 4.78 is 30.1. The largest absolute Gasteiger partial charge is 0.323 e. The molecule has 2 amide bonds. The van der Waals surface area contributed by atoms with Gasteiger partial charge in [0.2, 0.25) is 0 Å². The van der Waals surface area contributed by atoms with Gasteiger partial charge in [-0.2, -0.15) is 0 Å². The predicted octanol–water partition coefficient (Wildman–Crippen LogP) is 7.14. The molecule has 178 valence electrons. The summed E-state index contributed by atoms with van der Waals surface area (Å²) in [7, 11) is 0. The predicted molar refractivity (Wildman–Crippen MR) is 134 cm³/mol. The number of benzene rings is 2. The van der Waals surface area contributed by atoms with Gasteiger partial charge in [-0.1, -0.05) is 29.8 Å². The van der Waals surface area contributed by atoms with E-state index in [-0.39, 0.29) is 11.7 Å². The summed E-state index contributed by atoms with van der Waals surface area (Å²) in [4.78, 5) is 17.0. The molecule has 1 aliphatic carbocycles. The number of aromatic nitrogens is 1. The Balaban J connectivity index is 1.50. The van der Waals surface area contributed by atoms with Gasteiger partial charge < -0.3 is 14.8 Å². The van der Waals surface area contributed by atoms with E-state index < -0.39 is 17.7 Å². The molecule has 2 aliphatic rings. The first kappa shape index (κ1) is 22.0. The lowest BCUT2D eigenvalue weighted by molar-refractivity contribution is 0.194. The van der Waals surface area contributed by atoms with Crippen molar-refractivity contribution in [3.63, 3.8) is 0 Å². The lowest BCUT2D eigenvalue weighted by atomic mass is 9.95. The van der Waals surface area contributed by atoms with Crippen molar-refractivity contribution in [1.29, 1.82) is 0 Å². The number of urea groups is 1. The zero-order chi connectivity index (χ0) is 24.1. The van der Waals surface area contributed by atoms with Crippen molar-refractivity contribution in [1.82, 2.24) is 9.47 Å². The van der Waals surface area contributed by atoms with Gasteiger partial charge in [-0.3, -0.25) is 0 Å². The minimum Gasteiger partial charge on any atom is -0.310 e. The maximum absolute atomic E-state index is 14.5. The van der Waals surface area contributed by atoms with Crippen molar-refractivity contribution in [2.45, 2.75) is 45.2 Å². The van der Waals surface area contributed by atoms with E-state index in [0.717, 1.165) is 53.2 Å². The van der Waals surface area contributed by atoms with Crippen LogP contribution in [0.2, 0.25) is 0 Å². The summed E-state index contributed by atoms with van der Waals surface area (Å²) in [5.74, 6) is -1.47. The van der Waals surface area contributed by atoms with E-state index in [0.29, 0.717) is 6.54 Å². The highest BCUT2D eigenvalue weighted by Gasteiger charge is 2.36. The number of hydrogen-bond donors (Lipinski definition) is 1. The highest BCUT2D eigenvalue weighted by Crippen LogP contribution is 2.44. The molecule has 1 N–H and O–H groups in total. The number of rotatable bonds is 2.